The van der Waals surface area contributed by atoms with Crippen molar-refractivity contribution in [3.05, 3.63) is 54.0 Å². The molecule has 3 rings (SSSR count). The minimum Gasteiger partial charge on any atom is -0.393 e. The van der Waals surface area contributed by atoms with E-state index in [9.17, 15) is 5.11 Å². The van der Waals surface area contributed by atoms with Crippen molar-refractivity contribution < 1.29 is 9.50 Å². The number of rotatable bonds is 3. The van der Waals surface area contributed by atoms with E-state index in [1.54, 1.807) is 4.90 Å². The number of aromatic nitrogens is 2. The largest absolute Gasteiger partial charge is 0.393 e. The van der Waals surface area contributed by atoms with Gasteiger partial charge >= 0.3 is 0 Å². The van der Waals surface area contributed by atoms with E-state index < -0.39 is 18.2 Å². The Kier molecular flexibility index (Phi) is 3.73. The zero-order valence-corrected chi connectivity index (χ0v) is 11.9. The SMILES string of the molecule is N#Cc1cncc(N2C[C@H](c3ccccc3)[C@](F)(CO)C2)n1. The van der Waals surface area contributed by atoms with Gasteiger partial charge in [0.05, 0.1) is 25.5 Å². The summed E-state index contributed by atoms with van der Waals surface area (Å²) in [5.41, 5.74) is -0.717. The summed E-state index contributed by atoms with van der Waals surface area (Å²) in [6.45, 7) is -0.161. The fraction of sp³-hybridized carbons (Fsp3) is 0.312. The molecule has 0 amide bonds. The molecule has 0 radical (unpaired) electrons. The first kappa shape index (κ1) is 14.4. The molecule has 0 bridgehead atoms. The van der Waals surface area contributed by atoms with Crippen molar-refractivity contribution in [3.8, 4) is 6.07 Å². The zero-order chi connectivity index (χ0) is 15.6. The van der Waals surface area contributed by atoms with Gasteiger partial charge in [-0.2, -0.15) is 5.26 Å². The highest BCUT2D eigenvalue weighted by Crippen LogP contribution is 2.40. The lowest BCUT2D eigenvalue weighted by molar-refractivity contribution is 0.0751. The molecule has 1 aromatic heterocycles. The lowest BCUT2D eigenvalue weighted by atomic mass is 9.87. The van der Waals surface area contributed by atoms with Gasteiger partial charge in [-0.1, -0.05) is 30.3 Å². The number of alkyl halides is 1. The molecule has 0 unspecified atom stereocenters. The Morgan fingerprint density at radius 3 is 2.82 bits per heavy atom. The number of anilines is 1. The normalized spacial score (nSPS) is 24.2. The van der Waals surface area contributed by atoms with Gasteiger partial charge in [-0.25, -0.2) is 9.37 Å². The van der Waals surface area contributed by atoms with Crippen molar-refractivity contribution in [2.45, 2.75) is 11.6 Å². The van der Waals surface area contributed by atoms with Crippen LogP contribution in [0, 0.1) is 11.3 Å². The van der Waals surface area contributed by atoms with E-state index in [1.165, 1.54) is 12.4 Å². The van der Waals surface area contributed by atoms with Gasteiger partial charge < -0.3 is 10.0 Å². The molecule has 1 fully saturated rings. The van der Waals surface area contributed by atoms with E-state index in [2.05, 4.69) is 9.97 Å². The Morgan fingerprint density at radius 2 is 2.14 bits per heavy atom. The first-order valence-corrected chi connectivity index (χ1v) is 6.98. The molecule has 2 atom stereocenters. The van der Waals surface area contributed by atoms with Crippen LogP contribution in [0.3, 0.4) is 0 Å². The minimum absolute atomic E-state index is 0.0205. The van der Waals surface area contributed by atoms with Crippen molar-refractivity contribution >= 4 is 5.82 Å². The average molecular weight is 298 g/mol. The second-order valence-corrected chi connectivity index (χ2v) is 5.41. The monoisotopic (exact) mass is 298 g/mol. The van der Waals surface area contributed by atoms with E-state index in [1.807, 2.05) is 36.4 Å². The topological polar surface area (TPSA) is 73.0 Å². The summed E-state index contributed by atoms with van der Waals surface area (Å²) in [6, 6.07) is 11.2. The molecule has 1 aliphatic heterocycles. The second-order valence-electron chi connectivity index (χ2n) is 5.41. The molecule has 22 heavy (non-hydrogen) atoms. The number of benzene rings is 1. The Morgan fingerprint density at radius 1 is 1.36 bits per heavy atom. The molecule has 0 aliphatic carbocycles. The third kappa shape index (κ3) is 2.51. The Hall–Kier alpha value is -2.52. The molecule has 112 valence electrons. The van der Waals surface area contributed by atoms with Gasteiger partial charge in [0.25, 0.3) is 0 Å². The van der Waals surface area contributed by atoms with Crippen molar-refractivity contribution in [2.24, 2.45) is 0 Å². The highest BCUT2D eigenvalue weighted by Gasteiger charge is 2.48. The smallest absolute Gasteiger partial charge is 0.161 e. The van der Waals surface area contributed by atoms with Crippen LogP contribution in [0.5, 0.6) is 0 Å². The van der Waals surface area contributed by atoms with Crippen LogP contribution >= 0.6 is 0 Å². The van der Waals surface area contributed by atoms with Crippen molar-refractivity contribution in [1.82, 2.24) is 9.97 Å². The first-order chi connectivity index (χ1) is 10.7. The highest BCUT2D eigenvalue weighted by molar-refractivity contribution is 5.44. The Labute approximate surface area is 127 Å². The van der Waals surface area contributed by atoms with E-state index >= 15 is 4.39 Å². The van der Waals surface area contributed by atoms with E-state index in [4.69, 9.17) is 5.26 Å². The predicted molar refractivity (Wildman–Crippen MR) is 79.1 cm³/mol. The summed E-state index contributed by atoms with van der Waals surface area (Å²) in [5.74, 6) is -0.000743. The highest BCUT2D eigenvalue weighted by atomic mass is 19.1. The molecule has 1 aromatic carbocycles. The molecule has 1 aliphatic rings. The number of halogens is 1. The molecule has 1 saturated heterocycles. The van der Waals surface area contributed by atoms with Gasteiger partial charge in [-0.3, -0.25) is 4.98 Å². The first-order valence-electron chi connectivity index (χ1n) is 6.98. The number of hydrogen-bond donors (Lipinski definition) is 1. The van der Waals surface area contributed by atoms with Crippen LogP contribution in [0.2, 0.25) is 0 Å². The number of nitriles is 1. The molecule has 2 heterocycles. The molecule has 5 nitrogen and oxygen atoms in total. The van der Waals surface area contributed by atoms with Crippen LogP contribution in [0.15, 0.2) is 42.7 Å². The summed E-state index contributed by atoms with van der Waals surface area (Å²) in [4.78, 5) is 9.84. The van der Waals surface area contributed by atoms with Gasteiger partial charge in [0, 0.05) is 12.5 Å². The molecule has 1 N–H and O–H groups in total. The van der Waals surface area contributed by atoms with Gasteiger partial charge in [-0.15, -0.1) is 0 Å². The summed E-state index contributed by atoms with van der Waals surface area (Å²) in [6.07, 6.45) is 2.87. The maximum atomic E-state index is 15.1. The Bertz CT molecular complexity index is 703. The molecule has 0 saturated carbocycles. The van der Waals surface area contributed by atoms with Crippen molar-refractivity contribution in [3.63, 3.8) is 0 Å². The van der Waals surface area contributed by atoms with Gasteiger partial charge in [-0.05, 0) is 5.56 Å². The third-order valence-electron chi connectivity index (χ3n) is 4.01. The quantitative estimate of drug-likeness (QED) is 0.933. The van der Waals surface area contributed by atoms with Crippen LogP contribution < -0.4 is 4.90 Å². The maximum absolute atomic E-state index is 15.1. The average Bonchev–Trinajstić information content (AvgIpc) is 2.94. The van der Waals surface area contributed by atoms with Crippen LogP contribution in [0.25, 0.3) is 0 Å². The number of hydrogen-bond acceptors (Lipinski definition) is 5. The van der Waals surface area contributed by atoms with Crippen molar-refractivity contribution in [2.75, 3.05) is 24.6 Å². The third-order valence-corrected chi connectivity index (χ3v) is 4.01. The number of aliphatic hydroxyl groups excluding tert-OH is 1. The van der Waals surface area contributed by atoms with Gasteiger partial charge in [0.2, 0.25) is 0 Å². The summed E-state index contributed by atoms with van der Waals surface area (Å²) in [5, 5.41) is 18.4. The van der Waals surface area contributed by atoms with Crippen LogP contribution in [0.1, 0.15) is 17.2 Å². The molecular formula is C16H15FN4O. The summed E-state index contributed by atoms with van der Waals surface area (Å²) >= 11 is 0. The molecule has 6 heteroatoms. The van der Waals surface area contributed by atoms with E-state index in [0.717, 1.165) is 5.56 Å². The van der Waals surface area contributed by atoms with E-state index in [-0.39, 0.29) is 12.2 Å². The predicted octanol–water partition coefficient (Wildman–Crippen LogP) is 1.65. The number of aliphatic hydroxyl groups is 1. The van der Waals surface area contributed by atoms with E-state index in [0.29, 0.717) is 12.4 Å². The van der Waals surface area contributed by atoms with Crippen LogP contribution in [-0.2, 0) is 0 Å². The lowest BCUT2D eigenvalue weighted by Crippen LogP contribution is -2.36. The maximum Gasteiger partial charge on any atom is 0.161 e. The zero-order valence-electron chi connectivity index (χ0n) is 11.9. The van der Waals surface area contributed by atoms with Gasteiger partial charge in [0.15, 0.2) is 11.4 Å². The molecular weight excluding hydrogens is 283 g/mol. The fourth-order valence-electron chi connectivity index (χ4n) is 2.86. The van der Waals surface area contributed by atoms with Gasteiger partial charge in [0.1, 0.15) is 11.9 Å². The van der Waals surface area contributed by atoms with Crippen molar-refractivity contribution in [1.29, 1.82) is 5.26 Å². The fourth-order valence-corrected chi connectivity index (χ4v) is 2.86. The molecule has 2 aromatic rings. The minimum atomic E-state index is -1.74. The van der Waals surface area contributed by atoms with Crippen LogP contribution in [-0.4, -0.2) is 40.4 Å². The second kappa shape index (κ2) is 5.70. The summed E-state index contributed by atoms with van der Waals surface area (Å²) < 4.78 is 15.1. The number of nitrogens with zero attached hydrogens (tertiary/aromatic N) is 4. The molecule has 0 spiro atoms. The van der Waals surface area contributed by atoms with Crippen LogP contribution in [0.4, 0.5) is 10.2 Å². The summed E-state index contributed by atoms with van der Waals surface area (Å²) in [7, 11) is 0. The standard InChI is InChI=1S/C16H15FN4O/c17-16(11-22)10-21(15-8-19-7-13(6-18)20-15)9-14(16)12-4-2-1-3-5-12/h1-5,7-8,14,22H,9-11H2/t14-,16-/m1/s1. The Balaban J connectivity index is 1.93. The lowest BCUT2D eigenvalue weighted by Gasteiger charge is -2.23.